The van der Waals surface area contributed by atoms with Crippen LogP contribution in [0.25, 0.3) is 31.7 Å². The lowest BCUT2D eigenvalue weighted by Crippen LogP contribution is -1.91. The molecule has 10 heteroatoms. The molecule has 0 saturated carbocycles. The van der Waals surface area contributed by atoms with Crippen molar-refractivity contribution in [1.82, 2.24) is 0 Å². The van der Waals surface area contributed by atoms with E-state index in [-0.39, 0.29) is 11.1 Å². The molecule has 4 rings (SSSR count). The molecule has 0 unspecified atom stereocenters. The van der Waals surface area contributed by atoms with Gasteiger partial charge in [0.25, 0.3) is 0 Å². The number of hydrogen-bond acceptors (Lipinski definition) is 2. The van der Waals surface area contributed by atoms with Crippen LogP contribution >= 0.6 is 54.5 Å². The van der Waals surface area contributed by atoms with E-state index in [4.69, 9.17) is 0 Å². The van der Waals surface area contributed by atoms with Crippen LogP contribution in [0.4, 0.5) is 26.3 Å². The van der Waals surface area contributed by atoms with E-state index >= 15 is 0 Å². The van der Waals surface area contributed by atoms with Gasteiger partial charge >= 0.3 is 0 Å². The van der Waals surface area contributed by atoms with Crippen LogP contribution in [-0.2, 0) is 0 Å². The van der Waals surface area contributed by atoms with Gasteiger partial charge in [-0.25, -0.2) is 26.3 Å². The van der Waals surface area contributed by atoms with E-state index in [1.165, 1.54) is 22.7 Å². The monoisotopic (exact) mass is 556 g/mol. The van der Waals surface area contributed by atoms with Gasteiger partial charge in [0, 0.05) is 11.1 Å². The predicted molar refractivity (Wildman–Crippen MR) is 106 cm³/mol. The quantitative estimate of drug-likeness (QED) is 0.171. The number of rotatable bonds is 2. The lowest BCUT2D eigenvalue weighted by atomic mass is 10.1. The summed E-state index contributed by atoms with van der Waals surface area (Å²) in [6.45, 7) is 0. The van der Waals surface area contributed by atoms with Gasteiger partial charge in [-0.1, -0.05) is 0 Å². The highest BCUT2D eigenvalue weighted by atomic mass is 79.9. The summed E-state index contributed by atoms with van der Waals surface area (Å²) in [5, 5.41) is 0. The Morgan fingerprint density at radius 1 is 0.536 bits per heavy atom. The van der Waals surface area contributed by atoms with E-state index < -0.39 is 34.9 Å². The minimum Gasteiger partial charge on any atom is -0.204 e. The molecule has 0 aliphatic carbocycles. The van der Waals surface area contributed by atoms with Crippen molar-refractivity contribution in [3.63, 3.8) is 0 Å². The Morgan fingerprint density at radius 3 is 1.11 bits per heavy atom. The summed E-state index contributed by atoms with van der Waals surface area (Å²) >= 11 is 8.99. The summed E-state index contributed by atoms with van der Waals surface area (Å²) < 4.78 is 83.5. The maximum atomic E-state index is 13.7. The van der Waals surface area contributed by atoms with Crippen LogP contribution in [0.2, 0.25) is 0 Å². The fraction of sp³-hybridized carbons (Fsp3) is 0. The molecule has 0 nitrogen and oxygen atoms in total. The summed E-state index contributed by atoms with van der Waals surface area (Å²) in [7, 11) is 0. The normalized spacial score (nSPS) is 11.6. The molecule has 0 aliphatic heterocycles. The second kappa shape index (κ2) is 7.16. The molecule has 2 aromatic carbocycles. The van der Waals surface area contributed by atoms with E-state index in [0.717, 1.165) is 24.3 Å². The minimum absolute atomic E-state index is 0.103. The van der Waals surface area contributed by atoms with E-state index in [9.17, 15) is 26.3 Å². The van der Waals surface area contributed by atoms with Gasteiger partial charge in [-0.15, -0.1) is 22.7 Å². The van der Waals surface area contributed by atoms with Crippen LogP contribution in [0, 0.1) is 34.9 Å². The van der Waals surface area contributed by atoms with Crippen molar-refractivity contribution in [2.45, 2.75) is 0 Å². The van der Waals surface area contributed by atoms with Crippen LogP contribution in [-0.4, -0.2) is 0 Å². The second-order valence-electron chi connectivity index (χ2n) is 5.67. The van der Waals surface area contributed by atoms with Gasteiger partial charge in [-0.2, -0.15) is 0 Å². The number of halogens is 8. The molecule has 0 atom stereocenters. The molecule has 0 aliphatic rings. The fourth-order valence-electron chi connectivity index (χ4n) is 2.77. The number of thiophene rings is 2. The Balaban J connectivity index is 1.99. The first-order chi connectivity index (χ1) is 13.2. The van der Waals surface area contributed by atoms with Crippen molar-refractivity contribution in [3.05, 3.63) is 66.7 Å². The van der Waals surface area contributed by atoms with Crippen molar-refractivity contribution in [1.29, 1.82) is 0 Å². The standard InChI is InChI=1S/C18H4Br2F6S2/c19-17-11(5-1-7(21)13(25)8(22)2-5)15-16(28-17)12(18(20)27-15)6-3-9(23)14(26)10(24)4-6/h1-4H. The highest BCUT2D eigenvalue weighted by Crippen LogP contribution is 2.53. The molecule has 0 amide bonds. The summed E-state index contributed by atoms with van der Waals surface area (Å²) in [4.78, 5) is 0. The number of benzene rings is 2. The van der Waals surface area contributed by atoms with Crippen LogP contribution < -0.4 is 0 Å². The molecule has 2 aromatic heterocycles. The van der Waals surface area contributed by atoms with Crippen molar-refractivity contribution < 1.29 is 26.3 Å². The summed E-state index contributed by atoms with van der Waals surface area (Å²) in [5.74, 6) is -8.48. The SMILES string of the molecule is Fc1cc(-c2c(Br)sc3c(-c4cc(F)c(F)c(F)c4)c(Br)sc23)cc(F)c1F. The molecular formula is C18H4Br2F6S2. The van der Waals surface area contributed by atoms with E-state index in [1.807, 2.05) is 0 Å². The van der Waals surface area contributed by atoms with Gasteiger partial charge in [0.05, 0.1) is 17.0 Å². The molecule has 0 radical (unpaired) electrons. The maximum absolute atomic E-state index is 13.7. The van der Waals surface area contributed by atoms with Crippen molar-refractivity contribution in [2.24, 2.45) is 0 Å². The van der Waals surface area contributed by atoms with Gasteiger partial charge < -0.3 is 0 Å². The number of hydrogen-bond donors (Lipinski definition) is 0. The third kappa shape index (κ3) is 3.10. The average Bonchev–Trinajstić information content (AvgIpc) is 3.09. The Bertz CT molecular complexity index is 1120. The molecular weight excluding hydrogens is 554 g/mol. The van der Waals surface area contributed by atoms with Crippen molar-refractivity contribution in [3.8, 4) is 22.3 Å². The molecule has 0 N–H and O–H groups in total. The third-order valence-corrected chi connectivity index (χ3v) is 7.87. The zero-order chi connectivity index (χ0) is 20.3. The van der Waals surface area contributed by atoms with Gasteiger partial charge in [0.15, 0.2) is 34.9 Å². The fourth-order valence-corrected chi connectivity index (χ4v) is 7.27. The van der Waals surface area contributed by atoms with Gasteiger partial charge in [0.1, 0.15) is 0 Å². The maximum Gasteiger partial charge on any atom is 0.194 e. The molecule has 0 bridgehead atoms. The molecule has 4 aromatic rings. The van der Waals surface area contributed by atoms with E-state index in [1.54, 1.807) is 0 Å². The van der Waals surface area contributed by atoms with Crippen LogP contribution in [0.15, 0.2) is 31.8 Å². The topological polar surface area (TPSA) is 0 Å². The van der Waals surface area contributed by atoms with Gasteiger partial charge in [-0.3, -0.25) is 0 Å². The highest BCUT2D eigenvalue weighted by molar-refractivity contribution is 9.11. The Kier molecular flexibility index (Phi) is 5.09. The predicted octanol–water partition coefficient (Wildman–Crippen LogP) is 8.66. The molecule has 28 heavy (non-hydrogen) atoms. The summed E-state index contributed by atoms with van der Waals surface area (Å²) in [6, 6.07) is 3.48. The molecule has 2 heterocycles. The highest BCUT2D eigenvalue weighted by Gasteiger charge is 2.24. The van der Waals surface area contributed by atoms with Crippen molar-refractivity contribution in [2.75, 3.05) is 0 Å². The summed E-state index contributed by atoms with van der Waals surface area (Å²) in [5.41, 5.74) is 1.04. The van der Waals surface area contributed by atoms with E-state index in [0.29, 0.717) is 28.1 Å². The molecule has 0 spiro atoms. The molecule has 0 saturated heterocycles. The lowest BCUT2D eigenvalue weighted by Gasteiger charge is -2.03. The van der Waals surface area contributed by atoms with Crippen LogP contribution in [0.3, 0.4) is 0 Å². The van der Waals surface area contributed by atoms with Crippen LogP contribution in [0.5, 0.6) is 0 Å². The smallest absolute Gasteiger partial charge is 0.194 e. The van der Waals surface area contributed by atoms with Crippen LogP contribution in [0.1, 0.15) is 0 Å². The van der Waals surface area contributed by atoms with Gasteiger partial charge in [0.2, 0.25) is 0 Å². The third-order valence-electron chi connectivity index (χ3n) is 3.98. The van der Waals surface area contributed by atoms with E-state index in [2.05, 4.69) is 31.9 Å². The Labute approximate surface area is 178 Å². The lowest BCUT2D eigenvalue weighted by molar-refractivity contribution is 0.447. The number of fused-ring (bicyclic) bond motifs is 1. The first kappa shape index (κ1) is 19.9. The largest absolute Gasteiger partial charge is 0.204 e. The Morgan fingerprint density at radius 2 is 0.821 bits per heavy atom. The first-order valence-electron chi connectivity index (χ1n) is 7.39. The molecule has 0 fully saturated rings. The minimum atomic E-state index is -1.57. The second-order valence-corrected chi connectivity index (χ2v) is 10.3. The zero-order valence-corrected chi connectivity index (χ0v) is 18.0. The van der Waals surface area contributed by atoms with Crippen molar-refractivity contribution >= 4 is 63.9 Å². The van der Waals surface area contributed by atoms with Gasteiger partial charge in [-0.05, 0) is 67.3 Å². The first-order valence-corrected chi connectivity index (χ1v) is 10.6. The average molecular weight is 558 g/mol. The summed E-state index contributed by atoms with van der Waals surface area (Å²) in [6.07, 6.45) is 0. The molecule has 144 valence electrons. The Hall–Kier alpha value is -1.36. The zero-order valence-electron chi connectivity index (χ0n) is 13.1.